The van der Waals surface area contributed by atoms with Crippen molar-refractivity contribution in [3.8, 4) is 0 Å². The van der Waals surface area contributed by atoms with Crippen LogP contribution in [-0.2, 0) is 4.79 Å². The molecule has 1 saturated carbocycles. The predicted octanol–water partition coefficient (Wildman–Crippen LogP) is 5.15. The first-order valence-corrected chi connectivity index (χ1v) is 12.0. The van der Waals surface area contributed by atoms with Crippen molar-refractivity contribution in [1.29, 1.82) is 0 Å². The van der Waals surface area contributed by atoms with Crippen LogP contribution in [-0.4, -0.2) is 45.0 Å². The fourth-order valence-corrected chi connectivity index (χ4v) is 5.50. The number of alkyl halides is 1. The molecule has 0 saturated heterocycles. The molecular formula is C21H30FNO4S2. The second kappa shape index (κ2) is 11.8. The highest BCUT2D eigenvalue weighted by Gasteiger charge is 2.32. The number of hydrogen-bond acceptors (Lipinski definition) is 6. The molecule has 5 nitrogen and oxygen atoms in total. The Balaban J connectivity index is 1.78. The Morgan fingerprint density at radius 3 is 2.93 bits per heavy atom. The summed E-state index contributed by atoms with van der Waals surface area (Å²) >= 11 is 2.80. The molecule has 1 unspecified atom stereocenters. The van der Waals surface area contributed by atoms with Crippen molar-refractivity contribution >= 4 is 34.9 Å². The maximum absolute atomic E-state index is 12.3. The third-order valence-corrected chi connectivity index (χ3v) is 7.36. The quantitative estimate of drug-likeness (QED) is 0.249. The van der Waals surface area contributed by atoms with E-state index in [1.807, 2.05) is 6.08 Å². The maximum atomic E-state index is 12.3. The normalized spacial score (nSPS) is 21.7. The number of halogens is 1. The van der Waals surface area contributed by atoms with Crippen molar-refractivity contribution < 1.29 is 24.2 Å². The summed E-state index contributed by atoms with van der Waals surface area (Å²) in [4.78, 5) is 27.2. The van der Waals surface area contributed by atoms with E-state index in [4.69, 9.17) is 5.11 Å². The summed E-state index contributed by atoms with van der Waals surface area (Å²) in [6.07, 6.45) is 9.55. The molecule has 0 bridgehead atoms. The van der Waals surface area contributed by atoms with Crippen molar-refractivity contribution in [3.63, 3.8) is 0 Å². The number of aromatic nitrogens is 1. The minimum absolute atomic E-state index is 0.0211. The Kier molecular flexibility index (Phi) is 9.79. The van der Waals surface area contributed by atoms with Crippen LogP contribution in [0.5, 0.6) is 0 Å². The lowest BCUT2D eigenvalue weighted by Gasteiger charge is -2.22. The number of ketones is 1. The van der Waals surface area contributed by atoms with Gasteiger partial charge in [-0.1, -0.05) is 36.8 Å². The summed E-state index contributed by atoms with van der Waals surface area (Å²) in [7, 11) is 0. The van der Waals surface area contributed by atoms with E-state index in [9.17, 15) is 19.1 Å². The molecule has 162 valence electrons. The van der Waals surface area contributed by atoms with Crippen molar-refractivity contribution in [2.45, 2.75) is 68.2 Å². The molecule has 0 aliphatic heterocycles. The highest BCUT2D eigenvalue weighted by atomic mass is 32.2. The summed E-state index contributed by atoms with van der Waals surface area (Å²) < 4.78 is 12.9. The van der Waals surface area contributed by atoms with E-state index in [0.717, 1.165) is 31.4 Å². The number of rotatable bonds is 13. The van der Waals surface area contributed by atoms with Crippen molar-refractivity contribution in [2.75, 3.05) is 12.4 Å². The van der Waals surface area contributed by atoms with Crippen LogP contribution in [0.1, 0.15) is 68.8 Å². The van der Waals surface area contributed by atoms with Gasteiger partial charge in [0.05, 0.1) is 12.3 Å². The molecule has 29 heavy (non-hydrogen) atoms. The van der Waals surface area contributed by atoms with Gasteiger partial charge in [-0.3, -0.25) is 9.18 Å². The molecular weight excluding hydrogens is 413 g/mol. The number of Topliss-reactive ketones (excluding diaryl/α,β-unsaturated/α-hetero) is 1. The summed E-state index contributed by atoms with van der Waals surface area (Å²) in [5.74, 6) is 0.147. The van der Waals surface area contributed by atoms with E-state index >= 15 is 0 Å². The molecule has 0 radical (unpaired) electrons. The molecule has 0 aromatic carbocycles. The molecule has 1 heterocycles. The Morgan fingerprint density at radius 1 is 1.45 bits per heavy atom. The summed E-state index contributed by atoms with van der Waals surface area (Å²) in [5, 5.41) is 20.9. The van der Waals surface area contributed by atoms with Gasteiger partial charge in [0, 0.05) is 23.5 Å². The predicted molar refractivity (Wildman–Crippen MR) is 114 cm³/mol. The van der Waals surface area contributed by atoms with Gasteiger partial charge in [-0.2, -0.15) is 0 Å². The number of carboxylic acids is 1. The van der Waals surface area contributed by atoms with Gasteiger partial charge < -0.3 is 10.2 Å². The largest absolute Gasteiger partial charge is 0.476 e. The fraction of sp³-hybridized carbons (Fsp3) is 0.667. The molecule has 2 rings (SSSR count). The van der Waals surface area contributed by atoms with Gasteiger partial charge in [-0.25, -0.2) is 9.78 Å². The average Bonchev–Trinajstić information content (AvgIpc) is 3.27. The topological polar surface area (TPSA) is 87.5 Å². The number of thioether (sulfide) groups is 1. The van der Waals surface area contributed by atoms with Gasteiger partial charge in [0.1, 0.15) is 5.78 Å². The molecule has 0 amide bonds. The molecule has 1 aliphatic carbocycles. The average molecular weight is 444 g/mol. The third-order valence-electron chi connectivity index (χ3n) is 5.30. The van der Waals surface area contributed by atoms with Crippen LogP contribution >= 0.6 is 23.1 Å². The standard InChI is InChI=1S/C21H30FNO4S2/c1-21(27,10-3-2-4-12-22)11-5-6-15-7-8-18(24)16(15)9-13-28-20-23-17(14-29-20)19(25)26/h5-6,14-16,27H,2-4,7-13H2,1H3,(H,25,26)/b6-5+/t15-,16?,21+/m0/s1. The Morgan fingerprint density at radius 2 is 2.24 bits per heavy atom. The van der Waals surface area contributed by atoms with Crippen LogP contribution in [0.25, 0.3) is 0 Å². The smallest absolute Gasteiger partial charge is 0.355 e. The fourth-order valence-electron chi connectivity index (χ4n) is 3.61. The van der Waals surface area contributed by atoms with Gasteiger partial charge >= 0.3 is 5.97 Å². The van der Waals surface area contributed by atoms with E-state index in [1.54, 1.807) is 6.92 Å². The number of aromatic carboxylic acids is 1. The number of carbonyl (C=O) groups is 2. The monoisotopic (exact) mass is 443 g/mol. The van der Waals surface area contributed by atoms with Crippen LogP contribution in [0.3, 0.4) is 0 Å². The number of unbranched alkanes of at least 4 members (excludes halogenated alkanes) is 2. The SMILES string of the molecule is C[C@](O)(C/C=C/[C@H]1CCC(=O)C1CCSc1nc(C(=O)O)cs1)CCCCCF. The molecule has 1 aliphatic rings. The van der Waals surface area contributed by atoms with Crippen molar-refractivity contribution in [3.05, 3.63) is 23.2 Å². The Hall–Kier alpha value is -1.25. The minimum atomic E-state index is -1.03. The second-order valence-electron chi connectivity index (χ2n) is 7.85. The highest BCUT2D eigenvalue weighted by molar-refractivity contribution is 8.01. The van der Waals surface area contributed by atoms with Crippen LogP contribution in [0.2, 0.25) is 0 Å². The summed E-state index contributed by atoms with van der Waals surface area (Å²) in [6, 6.07) is 0. The third kappa shape index (κ3) is 8.18. The number of hydrogen-bond donors (Lipinski definition) is 2. The first kappa shape index (κ1) is 24.0. The first-order valence-electron chi connectivity index (χ1n) is 10.1. The minimum Gasteiger partial charge on any atom is -0.476 e. The van der Waals surface area contributed by atoms with Gasteiger partial charge in [0.25, 0.3) is 0 Å². The zero-order valence-corrected chi connectivity index (χ0v) is 18.4. The van der Waals surface area contributed by atoms with Crippen LogP contribution in [0, 0.1) is 11.8 Å². The van der Waals surface area contributed by atoms with E-state index in [-0.39, 0.29) is 30.0 Å². The number of carbonyl (C=O) groups excluding carboxylic acids is 1. The summed E-state index contributed by atoms with van der Waals surface area (Å²) in [6.45, 7) is 1.50. The molecule has 1 aromatic rings. The van der Waals surface area contributed by atoms with Gasteiger partial charge in [-0.15, -0.1) is 11.3 Å². The van der Waals surface area contributed by atoms with Crippen LogP contribution < -0.4 is 0 Å². The Labute approximate surface area is 179 Å². The lowest BCUT2D eigenvalue weighted by molar-refractivity contribution is -0.121. The summed E-state index contributed by atoms with van der Waals surface area (Å²) in [5.41, 5.74) is -0.736. The molecule has 1 aromatic heterocycles. The van der Waals surface area contributed by atoms with Crippen LogP contribution in [0.4, 0.5) is 4.39 Å². The second-order valence-corrected chi connectivity index (χ2v) is 10.0. The number of nitrogens with zero attached hydrogens (tertiary/aromatic N) is 1. The van der Waals surface area contributed by atoms with E-state index in [0.29, 0.717) is 30.0 Å². The highest BCUT2D eigenvalue weighted by Crippen LogP contribution is 2.35. The van der Waals surface area contributed by atoms with E-state index < -0.39 is 11.6 Å². The number of carboxylic acid groups (broad SMARTS) is 1. The zero-order chi connectivity index (χ0) is 21.3. The molecule has 1 fully saturated rings. The molecule has 0 spiro atoms. The molecule has 3 atom stereocenters. The van der Waals surface area contributed by atoms with Gasteiger partial charge in [0.15, 0.2) is 10.0 Å². The molecule has 8 heteroatoms. The van der Waals surface area contributed by atoms with Gasteiger partial charge in [-0.05, 0) is 44.9 Å². The molecule has 2 N–H and O–H groups in total. The first-order chi connectivity index (χ1) is 13.8. The maximum Gasteiger partial charge on any atom is 0.355 e. The van der Waals surface area contributed by atoms with Crippen molar-refractivity contribution in [2.24, 2.45) is 11.8 Å². The lowest BCUT2D eigenvalue weighted by Crippen LogP contribution is -2.23. The zero-order valence-electron chi connectivity index (χ0n) is 16.8. The number of allylic oxidation sites excluding steroid dienone is 1. The van der Waals surface area contributed by atoms with Crippen molar-refractivity contribution in [1.82, 2.24) is 4.98 Å². The van der Waals surface area contributed by atoms with E-state index in [2.05, 4.69) is 11.1 Å². The van der Waals surface area contributed by atoms with E-state index in [1.165, 1.54) is 28.5 Å². The number of thiazole rings is 1. The number of aliphatic hydroxyl groups is 1. The Bertz CT molecular complexity index is 705. The van der Waals surface area contributed by atoms with Gasteiger partial charge in [0.2, 0.25) is 0 Å². The van der Waals surface area contributed by atoms with Crippen LogP contribution in [0.15, 0.2) is 21.9 Å². The lowest BCUT2D eigenvalue weighted by atomic mass is 9.90.